The van der Waals surface area contributed by atoms with Gasteiger partial charge in [-0.1, -0.05) is 0 Å². The van der Waals surface area contributed by atoms with E-state index in [2.05, 4.69) is 0 Å². The summed E-state index contributed by atoms with van der Waals surface area (Å²) in [6, 6.07) is 5.02. The number of benzene rings is 1. The lowest BCUT2D eigenvalue weighted by atomic mass is 10.1. The fourth-order valence-corrected chi connectivity index (χ4v) is 1.84. The monoisotopic (exact) mass is 234 g/mol. The van der Waals surface area contributed by atoms with Crippen molar-refractivity contribution in [3.8, 4) is 5.75 Å². The van der Waals surface area contributed by atoms with Crippen molar-refractivity contribution >= 4 is 17.4 Å². The molecule has 5 heteroatoms. The van der Waals surface area contributed by atoms with Crippen molar-refractivity contribution < 1.29 is 14.3 Å². The van der Waals surface area contributed by atoms with Gasteiger partial charge in [0.25, 0.3) is 5.91 Å². The summed E-state index contributed by atoms with van der Waals surface area (Å²) in [6.07, 6.45) is 0. The summed E-state index contributed by atoms with van der Waals surface area (Å²) in [4.78, 5) is 24.7. The van der Waals surface area contributed by atoms with E-state index in [0.29, 0.717) is 23.5 Å². The van der Waals surface area contributed by atoms with E-state index >= 15 is 0 Å². The maximum Gasteiger partial charge on any atom is 0.265 e. The summed E-state index contributed by atoms with van der Waals surface area (Å²) in [7, 11) is 0. The number of hydrogen-bond donors (Lipinski definition) is 1. The van der Waals surface area contributed by atoms with E-state index in [-0.39, 0.29) is 24.8 Å². The number of fused-ring (bicyclic) bond motifs is 1. The molecule has 0 atom stereocenters. The first-order valence-corrected chi connectivity index (χ1v) is 5.47. The number of carbonyl (C=O) groups excluding carboxylic acids is 2. The molecule has 90 valence electrons. The van der Waals surface area contributed by atoms with E-state index in [1.54, 1.807) is 23.1 Å². The van der Waals surface area contributed by atoms with Crippen LogP contribution in [-0.4, -0.2) is 31.4 Å². The molecule has 0 aliphatic carbocycles. The zero-order chi connectivity index (χ0) is 12.4. The molecule has 1 aromatic rings. The predicted octanol–water partition coefficient (Wildman–Crippen LogP) is 0.573. The molecule has 1 amide bonds. The van der Waals surface area contributed by atoms with Crippen LogP contribution in [-0.2, 0) is 4.79 Å². The third-order valence-electron chi connectivity index (χ3n) is 2.73. The fraction of sp³-hybridized carbons (Fsp3) is 0.333. The zero-order valence-electron chi connectivity index (χ0n) is 9.60. The minimum Gasteiger partial charge on any atom is -0.482 e. The van der Waals surface area contributed by atoms with Crippen LogP contribution in [0.25, 0.3) is 0 Å². The number of Topliss-reactive ketones (excluding diaryl/α,β-unsaturated/α-hetero) is 1. The molecule has 0 fully saturated rings. The summed E-state index contributed by atoms with van der Waals surface area (Å²) in [5.41, 5.74) is 6.46. The van der Waals surface area contributed by atoms with Crippen molar-refractivity contribution in [2.24, 2.45) is 5.73 Å². The molecule has 0 aromatic heterocycles. The molecule has 0 saturated heterocycles. The van der Waals surface area contributed by atoms with Gasteiger partial charge >= 0.3 is 0 Å². The Labute approximate surface area is 99.2 Å². The lowest BCUT2D eigenvalue weighted by Gasteiger charge is -2.28. The molecule has 0 saturated carbocycles. The van der Waals surface area contributed by atoms with Gasteiger partial charge in [0.1, 0.15) is 5.75 Å². The number of hydrogen-bond acceptors (Lipinski definition) is 4. The smallest absolute Gasteiger partial charge is 0.265 e. The van der Waals surface area contributed by atoms with Crippen molar-refractivity contribution in [2.45, 2.75) is 6.92 Å². The molecule has 0 radical (unpaired) electrons. The van der Waals surface area contributed by atoms with Gasteiger partial charge < -0.3 is 15.4 Å². The van der Waals surface area contributed by atoms with Gasteiger partial charge in [-0.05, 0) is 25.1 Å². The third kappa shape index (κ3) is 2.01. The minimum absolute atomic E-state index is 0.0419. The van der Waals surface area contributed by atoms with Crippen LogP contribution < -0.4 is 15.4 Å². The Bertz CT molecular complexity index is 471. The molecule has 1 heterocycles. The van der Waals surface area contributed by atoms with Gasteiger partial charge in [0, 0.05) is 12.1 Å². The Morgan fingerprint density at radius 3 is 2.94 bits per heavy atom. The molecule has 1 aliphatic heterocycles. The molecule has 5 nitrogen and oxygen atoms in total. The second kappa shape index (κ2) is 4.55. The molecule has 0 unspecified atom stereocenters. The van der Waals surface area contributed by atoms with Gasteiger partial charge in [0.15, 0.2) is 12.4 Å². The summed E-state index contributed by atoms with van der Waals surface area (Å²) in [5.74, 6) is 0.374. The number of rotatable bonds is 3. The second-order valence-corrected chi connectivity index (χ2v) is 3.74. The average Bonchev–Trinajstić information content (AvgIpc) is 2.37. The lowest BCUT2D eigenvalue weighted by molar-refractivity contribution is -0.121. The topological polar surface area (TPSA) is 72.6 Å². The molecule has 0 bridgehead atoms. The SMILES string of the molecule is CCN1C(=O)COc2ccc(C(=O)CN)cc21. The average molecular weight is 234 g/mol. The Morgan fingerprint density at radius 1 is 1.53 bits per heavy atom. The Morgan fingerprint density at radius 2 is 2.29 bits per heavy atom. The second-order valence-electron chi connectivity index (χ2n) is 3.74. The van der Waals surface area contributed by atoms with Crippen molar-refractivity contribution in [3.05, 3.63) is 23.8 Å². The van der Waals surface area contributed by atoms with E-state index in [1.165, 1.54) is 0 Å². The van der Waals surface area contributed by atoms with Crippen molar-refractivity contribution in [1.82, 2.24) is 0 Å². The van der Waals surface area contributed by atoms with Crippen LogP contribution in [0.3, 0.4) is 0 Å². The largest absolute Gasteiger partial charge is 0.482 e. The van der Waals surface area contributed by atoms with Crippen LogP contribution in [0.1, 0.15) is 17.3 Å². The van der Waals surface area contributed by atoms with Crippen LogP contribution in [0.4, 0.5) is 5.69 Å². The molecule has 2 rings (SSSR count). The lowest BCUT2D eigenvalue weighted by Crippen LogP contribution is -2.38. The maximum atomic E-state index is 11.6. The Balaban J connectivity index is 2.45. The van der Waals surface area contributed by atoms with Gasteiger partial charge in [-0.3, -0.25) is 9.59 Å². The number of ketones is 1. The molecule has 2 N–H and O–H groups in total. The molecule has 17 heavy (non-hydrogen) atoms. The third-order valence-corrected chi connectivity index (χ3v) is 2.73. The van der Waals surface area contributed by atoms with Gasteiger partial charge in [-0.15, -0.1) is 0 Å². The van der Waals surface area contributed by atoms with Crippen LogP contribution >= 0.6 is 0 Å². The van der Waals surface area contributed by atoms with Crippen molar-refractivity contribution in [3.63, 3.8) is 0 Å². The number of nitrogens with zero attached hydrogens (tertiary/aromatic N) is 1. The van der Waals surface area contributed by atoms with E-state index in [0.717, 1.165) is 0 Å². The van der Waals surface area contributed by atoms with E-state index in [1.807, 2.05) is 6.92 Å². The van der Waals surface area contributed by atoms with Crippen molar-refractivity contribution in [1.29, 1.82) is 0 Å². The normalized spacial score (nSPS) is 14.2. The van der Waals surface area contributed by atoms with Crippen LogP contribution in [0, 0.1) is 0 Å². The summed E-state index contributed by atoms with van der Waals surface area (Å²) < 4.78 is 5.30. The highest BCUT2D eigenvalue weighted by Crippen LogP contribution is 2.32. The maximum absolute atomic E-state index is 11.6. The highest BCUT2D eigenvalue weighted by molar-refractivity contribution is 6.02. The van der Waals surface area contributed by atoms with Gasteiger partial charge in [-0.2, -0.15) is 0 Å². The number of ether oxygens (including phenoxy) is 1. The molecule has 1 aromatic carbocycles. The van der Waals surface area contributed by atoms with Gasteiger partial charge in [0.2, 0.25) is 0 Å². The summed E-state index contributed by atoms with van der Waals surface area (Å²) >= 11 is 0. The van der Waals surface area contributed by atoms with Gasteiger partial charge in [-0.25, -0.2) is 0 Å². The molecular weight excluding hydrogens is 220 g/mol. The Kier molecular flexibility index (Phi) is 3.10. The zero-order valence-corrected chi connectivity index (χ0v) is 9.60. The fourth-order valence-electron chi connectivity index (χ4n) is 1.84. The number of carbonyl (C=O) groups is 2. The number of amides is 1. The molecule has 0 spiro atoms. The summed E-state index contributed by atoms with van der Waals surface area (Å²) in [6.45, 7) is 2.44. The highest BCUT2D eigenvalue weighted by Gasteiger charge is 2.24. The van der Waals surface area contributed by atoms with Crippen LogP contribution in [0.5, 0.6) is 5.75 Å². The molecular formula is C12H14N2O3. The Hall–Kier alpha value is -1.88. The van der Waals surface area contributed by atoms with Gasteiger partial charge in [0.05, 0.1) is 12.2 Å². The predicted molar refractivity (Wildman–Crippen MR) is 63.3 cm³/mol. The van der Waals surface area contributed by atoms with E-state index < -0.39 is 0 Å². The standard InChI is InChI=1S/C12H14N2O3/c1-2-14-9-5-8(10(15)6-13)3-4-11(9)17-7-12(14)16/h3-5H,2,6-7,13H2,1H3. The van der Waals surface area contributed by atoms with Crippen molar-refractivity contribution in [2.75, 3.05) is 24.6 Å². The molecule has 1 aliphatic rings. The first-order chi connectivity index (χ1) is 8.17. The highest BCUT2D eigenvalue weighted by atomic mass is 16.5. The minimum atomic E-state index is -0.151. The van der Waals surface area contributed by atoms with E-state index in [4.69, 9.17) is 10.5 Å². The number of likely N-dealkylation sites (N-methyl/N-ethyl adjacent to an activating group) is 1. The quantitative estimate of drug-likeness (QED) is 0.776. The van der Waals surface area contributed by atoms with E-state index in [9.17, 15) is 9.59 Å². The number of nitrogens with two attached hydrogens (primary N) is 1. The van der Waals surface area contributed by atoms with Crippen LogP contribution in [0.15, 0.2) is 18.2 Å². The first-order valence-electron chi connectivity index (χ1n) is 5.47. The van der Waals surface area contributed by atoms with Crippen LogP contribution in [0.2, 0.25) is 0 Å². The first kappa shape index (κ1) is 11.6. The number of anilines is 1. The summed E-state index contributed by atoms with van der Waals surface area (Å²) in [5, 5.41) is 0.